The monoisotopic (exact) mass is 756 g/mol. The van der Waals surface area contributed by atoms with E-state index in [4.69, 9.17) is 37.9 Å². The van der Waals surface area contributed by atoms with E-state index in [0.717, 1.165) is 0 Å². The van der Waals surface area contributed by atoms with Gasteiger partial charge in [-0.1, -0.05) is 0 Å². The Morgan fingerprint density at radius 3 is 0.811 bits per heavy atom. The van der Waals surface area contributed by atoms with Crippen molar-refractivity contribution < 1.29 is 76.3 Å². The molecule has 0 unspecified atom stereocenters. The maximum atomic E-state index is 11.9. The predicted octanol–water partition coefficient (Wildman–Crippen LogP) is 0.676. The average Bonchev–Trinajstić information content (AvgIpc) is 3.14. The molecule has 20 heteroatoms. The molecule has 0 aromatic carbocycles. The summed E-state index contributed by atoms with van der Waals surface area (Å²) in [5, 5.41) is 0. The van der Waals surface area contributed by atoms with Gasteiger partial charge in [-0.3, -0.25) is 19.2 Å². The summed E-state index contributed by atoms with van der Waals surface area (Å²) in [6, 6.07) is 0. The van der Waals surface area contributed by atoms with Gasteiger partial charge in [-0.2, -0.15) is 0 Å². The number of ether oxygens (including phenoxy) is 8. The average molecular weight is 757 g/mol. The first-order valence-electron chi connectivity index (χ1n) is 16.9. The summed E-state index contributed by atoms with van der Waals surface area (Å²) in [6.45, 7) is 0.0968. The fourth-order valence-electron chi connectivity index (χ4n) is 3.94. The minimum Gasteiger partial charge on any atom is -0.463 e. The molecule has 0 N–H and O–H groups in total. The zero-order valence-electron chi connectivity index (χ0n) is 29.8. The van der Waals surface area contributed by atoms with Crippen molar-refractivity contribution in [2.24, 2.45) is 25.4 Å². The maximum absolute atomic E-state index is 11.9. The lowest BCUT2D eigenvalue weighted by Crippen LogP contribution is -2.43. The minimum absolute atomic E-state index is 0.0106. The molecule has 0 radical (unpaired) electrons. The van der Waals surface area contributed by atoms with Crippen LogP contribution in [-0.4, -0.2) is 154 Å². The zero-order valence-corrected chi connectivity index (χ0v) is 29.8. The van der Waals surface area contributed by atoms with Crippen molar-refractivity contribution in [1.82, 2.24) is 0 Å². The summed E-state index contributed by atoms with van der Waals surface area (Å²) >= 11 is 0. The summed E-state index contributed by atoms with van der Waals surface area (Å²) in [6.07, 6.45) is 7.07. The molecular formula is C33H48N4O16. The smallest absolute Gasteiger partial charge is 0.305 e. The molecule has 20 nitrogen and oxygen atoms in total. The minimum atomic E-state index is -1.01. The first-order chi connectivity index (χ1) is 25.8. The number of hydrogen-bond donors (Lipinski definition) is 0. The van der Waals surface area contributed by atoms with Gasteiger partial charge in [0, 0.05) is 25.7 Å². The molecule has 296 valence electrons. The molecule has 0 aromatic rings. The molecule has 0 aromatic heterocycles. The Balaban J connectivity index is 5.35. The van der Waals surface area contributed by atoms with E-state index in [0.29, 0.717) is 25.7 Å². The lowest BCUT2D eigenvalue weighted by atomic mass is 9.92. The van der Waals surface area contributed by atoms with Crippen LogP contribution in [0.5, 0.6) is 0 Å². The van der Waals surface area contributed by atoms with Crippen molar-refractivity contribution in [1.29, 1.82) is 0 Å². The molecular weight excluding hydrogens is 708 g/mol. The second-order valence-electron chi connectivity index (χ2n) is 10.9. The van der Waals surface area contributed by atoms with Gasteiger partial charge in [0.05, 0.1) is 84.4 Å². The molecule has 0 rings (SSSR count). The van der Waals surface area contributed by atoms with Crippen molar-refractivity contribution in [3.8, 4) is 0 Å². The molecule has 0 aliphatic carbocycles. The van der Waals surface area contributed by atoms with E-state index in [1.165, 1.54) is 24.3 Å². The third kappa shape index (κ3) is 31.7. The van der Waals surface area contributed by atoms with Gasteiger partial charge in [0.15, 0.2) is 0 Å². The highest BCUT2D eigenvalue weighted by Crippen LogP contribution is 2.21. The largest absolute Gasteiger partial charge is 0.463 e. The molecule has 0 saturated carbocycles. The van der Waals surface area contributed by atoms with Gasteiger partial charge >= 0.3 is 23.9 Å². The number of aliphatic imine (C=N–C) groups is 4. The van der Waals surface area contributed by atoms with Crippen LogP contribution in [-0.2, 0) is 76.3 Å². The fourth-order valence-corrected chi connectivity index (χ4v) is 3.94. The Bertz CT molecular complexity index is 1050. The van der Waals surface area contributed by atoms with Crippen LogP contribution in [0.25, 0.3) is 0 Å². The fraction of sp³-hybridized carbons (Fsp3) is 0.758. The number of isocyanates is 4. The van der Waals surface area contributed by atoms with E-state index < -0.39 is 29.3 Å². The van der Waals surface area contributed by atoms with E-state index in [1.54, 1.807) is 0 Å². The van der Waals surface area contributed by atoms with Crippen LogP contribution < -0.4 is 0 Å². The molecule has 0 spiro atoms. The molecule has 0 heterocycles. The van der Waals surface area contributed by atoms with E-state index in [2.05, 4.69) is 20.0 Å². The standard InChI is InChI=1S/C33H48N4O16/c38-25-34-9-1-5-29(42)50-17-13-46-21-33(22-47-14-18-51-30(43)6-2-10-35-26-39,23-48-15-19-52-31(44)7-3-11-36-27-40)24-49-16-20-53-32(45)8-4-12-37-28-41/h1-24H2. The quantitative estimate of drug-likeness (QED) is 0.0280. The van der Waals surface area contributed by atoms with Gasteiger partial charge in [0.25, 0.3) is 0 Å². The topological polar surface area (TPSA) is 260 Å². The highest BCUT2D eigenvalue weighted by atomic mass is 16.6. The van der Waals surface area contributed by atoms with Crippen molar-refractivity contribution in [3.63, 3.8) is 0 Å². The Morgan fingerprint density at radius 1 is 0.377 bits per heavy atom. The lowest BCUT2D eigenvalue weighted by Gasteiger charge is -2.33. The Labute approximate surface area is 306 Å². The molecule has 53 heavy (non-hydrogen) atoms. The molecule has 0 aliphatic rings. The van der Waals surface area contributed by atoms with Gasteiger partial charge in [-0.25, -0.2) is 39.1 Å². The number of carbonyl (C=O) groups excluding carboxylic acids is 8. The van der Waals surface area contributed by atoms with E-state index in [1.807, 2.05) is 0 Å². The molecule has 0 atom stereocenters. The summed E-state index contributed by atoms with van der Waals surface area (Å²) in [7, 11) is 0. The normalized spacial score (nSPS) is 11.3. The summed E-state index contributed by atoms with van der Waals surface area (Å²) in [5.41, 5.74) is -1.01. The first-order valence-corrected chi connectivity index (χ1v) is 16.9. The third-order valence-electron chi connectivity index (χ3n) is 6.46. The number of esters is 4. The van der Waals surface area contributed by atoms with Crippen molar-refractivity contribution in [2.45, 2.75) is 51.4 Å². The van der Waals surface area contributed by atoms with Crippen LogP contribution in [0.4, 0.5) is 0 Å². The lowest BCUT2D eigenvalue weighted by molar-refractivity contribution is -0.151. The summed E-state index contributed by atoms with van der Waals surface area (Å²) in [4.78, 5) is 102. The third-order valence-corrected chi connectivity index (χ3v) is 6.46. The van der Waals surface area contributed by atoms with Gasteiger partial charge in [-0.15, -0.1) is 0 Å². The second-order valence-corrected chi connectivity index (χ2v) is 10.9. The molecule has 0 saturated heterocycles. The Hall–Kier alpha value is -4.76. The molecule has 0 aliphatic heterocycles. The van der Waals surface area contributed by atoms with Crippen molar-refractivity contribution in [2.75, 3.05) is 105 Å². The maximum Gasteiger partial charge on any atom is 0.305 e. The number of carbonyl (C=O) groups is 4. The second kappa shape index (κ2) is 35.6. The predicted molar refractivity (Wildman–Crippen MR) is 178 cm³/mol. The van der Waals surface area contributed by atoms with Crippen LogP contribution in [0.2, 0.25) is 0 Å². The van der Waals surface area contributed by atoms with Crippen LogP contribution in [0.1, 0.15) is 51.4 Å². The van der Waals surface area contributed by atoms with Gasteiger partial charge in [-0.05, 0) is 25.7 Å². The zero-order chi connectivity index (χ0) is 39.1. The SMILES string of the molecule is O=C=NCCCC(=O)OCCOCC(COCCOC(=O)CCCN=C=O)(COCCOC(=O)CCCN=C=O)COCCOC(=O)CCCN=C=O. The highest BCUT2D eigenvalue weighted by Gasteiger charge is 2.33. The molecule has 0 fully saturated rings. The van der Waals surface area contributed by atoms with Crippen LogP contribution in [0, 0.1) is 5.41 Å². The Kier molecular flexibility index (Phi) is 32.4. The van der Waals surface area contributed by atoms with Crippen molar-refractivity contribution >= 4 is 48.2 Å². The summed E-state index contributed by atoms with van der Waals surface area (Å²) < 4.78 is 43.9. The van der Waals surface area contributed by atoms with Gasteiger partial charge < -0.3 is 37.9 Å². The van der Waals surface area contributed by atoms with E-state index in [-0.39, 0.29) is 131 Å². The van der Waals surface area contributed by atoms with Crippen LogP contribution in [0.15, 0.2) is 20.0 Å². The van der Waals surface area contributed by atoms with Gasteiger partial charge in [0.1, 0.15) is 26.4 Å². The Morgan fingerprint density at radius 2 is 0.604 bits per heavy atom. The number of rotatable bonds is 36. The van der Waals surface area contributed by atoms with E-state index >= 15 is 0 Å². The van der Waals surface area contributed by atoms with Gasteiger partial charge in [0.2, 0.25) is 24.3 Å². The number of hydrogen-bond acceptors (Lipinski definition) is 20. The molecule has 0 bridgehead atoms. The first kappa shape index (κ1) is 48.2. The highest BCUT2D eigenvalue weighted by molar-refractivity contribution is 5.70. The number of nitrogens with zero attached hydrogens (tertiary/aromatic N) is 4. The van der Waals surface area contributed by atoms with Crippen molar-refractivity contribution in [3.05, 3.63) is 0 Å². The van der Waals surface area contributed by atoms with Crippen LogP contribution in [0.3, 0.4) is 0 Å². The van der Waals surface area contributed by atoms with Crippen LogP contribution >= 0.6 is 0 Å². The summed E-state index contributed by atoms with van der Waals surface area (Å²) in [5.74, 6) is -2.00. The van der Waals surface area contributed by atoms with E-state index in [9.17, 15) is 38.4 Å². The molecule has 0 amide bonds.